The minimum atomic E-state index is -0.351. The van der Waals surface area contributed by atoms with Gasteiger partial charge in [-0.2, -0.15) is 0 Å². The molecule has 78 valence electrons. The van der Waals surface area contributed by atoms with Crippen molar-refractivity contribution in [1.82, 2.24) is 0 Å². The van der Waals surface area contributed by atoms with Gasteiger partial charge in [0.05, 0.1) is 0 Å². The van der Waals surface area contributed by atoms with E-state index >= 15 is 0 Å². The lowest BCUT2D eigenvalue weighted by Gasteiger charge is -2.05. The van der Waals surface area contributed by atoms with Gasteiger partial charge < -0.3 is 0 Å². The molecule has 2 rings (SSSR count). The van der Waals surface area contributed by atoms with E-state index in [1.165, 1.54) is 18.2 Å². The number of benzene rings is 2. The summed E-state index contributed by atoms with van der Waals surface area (Å²) in [5.41, 5.74) is 10.3. The number of halogens is 1. The topological polar surface area (TPSA) is 48.8 Å². The van der Waals surface area contributed by atoms with Crippen LogP contribution in [0.2, 0.25) is 0 Å². The summed E-state index contributed by atoms with van der Waals surface area (Å²) in [5, 5.41) is 3.54. The largest absolute Gasteiger partial charge is 0.207 e. The van der Waals surface area contributed by atoms with Crippen molar-refractivity contribution in [3.05, 3.63) is 64.8 Å². The van der Waals surface area contributed by atoms with E-state index in [2.05, 4.69) is 10.0 Å². The summed E-state index contributed by atoms with van der Waals surface area (Å²) < 4.78 is 13.1. The summed E-state index contributed by atoms with van der Waals surface area (Å²) in [5.74, 6) is -0.351. The molecule has 16 heavy (non-hydrogen) atoms. The Labute approximate surface area is 91.8 Å². The van der Waals surface area contributed by atoms with Crippen LogP contribution in [0.3, 0.4) is 0 Å². The van der Waals surface area contributed by atoms with Crippen LogP contribution in [0.15, 0.2) is 53.6 Å². The molecule has 2 aromatic carbocycles. The first kappa shape index (κ1) is 10.2. The molecule has 0 atom stereocenters. The van der Waals surface area contributed by atoms with Crippen molar-refractivity contribution in [2.24, 2.45) is 5.11 Å². The highest BCUT2D eigenvalue weighted by Crippen LogP contribution is 2.30. The minimum absolute atomic E-state index is 0.351. The van der Waals surface area contributed by atoms with Crippen molar-refractivity contribution >= 4 is 5.69 Å². The van der Waals surface area contributed by atoms with E-state index in [4.69, 9.17) is 5.53 Å². The summed E-state index contributed by atoms with van der Waals surface area (Å²) in [6.07, 6.45) is 0. The summed E-state index contributed by atoms with van der Waals surface area (Å²) in [7, 11) is 0. The average molecular weight is 213 g/mol. The van der Waals surface area contributed by atoms with Crippen LogP contribution in [-0.2, 0) is 0 Å². The van der Waals surface area contributed by atoms with Gasteiger partial charge in [0.15, 0.2) is 0 Å². The molecule has 0 heterocycles. The Hall–Kier alpha value is -2.32. The molecule has 0 unspecified atom stereocenters. The molecule has 0 saturated carbocycles. The molecule has 0 spiro atoms. The van der Waals surface area contributed by atoms with Crippen molar-refractivity contribution < 1.29 is 4.39 Å². The highest BCUT2D eigenvalue weighted by Gasteiger charge is 2.04. The molecule has 0 aromatic heterocycles. The Bertz CT molecular complexity index is 545. The number of hydrogen-bond acceptors (Lipinski definition) is 1. The minimum Gasteiger partial charge on any atom is -0.207 e. The van der Waals surface area contributed by atoms with Gasteiger partial charge in [-0.05, 0) is 34.9 Å². The number of rotatable bonds is 2. The first-order valence-electron chi connectivity index (χ1n) is 4.71. The van der Waals surface area contributed by atoms with E-state index in [1.54, 1.807) is 0 Å². The lowest BCUT2D eigenvalue weighted by Crippen LogP contribution is -1.80. The number of azide groups is 1. The van der Waals surface area contributed by atoms with Crippen LogP contribution in [0.1, 0.15) is 0 Å². The van der Waals surface area contributed by atoms with Gasteiger partial charge in [-0.3, -0.25) is 0 Å². The third-order valence-corrected chi connectivity index (χ3v) is 2.20. The smallest absolute Gasteiger partial charge is 0.123 e. The standard InChI is InChI=1S/C12H8FN3/c13-10-6-7-12(15-16-14)11(8-10)9-4-2-1-3-5-9/h1-8H. The number of hydrogen-bond donors (Lipinski definition) is 0. The van der Waals surface area contributed by atoms with Crippen LogP contribution < -0.4 is 0 Å². The van der Waals surface area contributed by atoms with Crippen molar-refractivity contribution in [2.75, 3.05) is 0 Å². The van der Waals surface area contributed by atoms with E-state index in [9.17, 15) is 4.39 Å². The maximum atomic E-state index is 13.1. The summed E-state index contributed by atoms with van der Waals surface area (Å²) in [6.45, 7) is 0. The van der Waals surface area contributed by atoms with Crippen LogP contribution in [0, 0.1) is 5.82 Å². The molecule has 0 radical (unpaired) electrons. The molecule has 0 aliphatic carbocycles. The van der Waals surface area contributed by atoms with Crippen LogP contribution in [0.5, 0.6) is 0 Å². The van der Waals surface area contributed by atoms with E-state index in [0.717, 1.165) is 5.56 Å². The Morgan fingerprint density at radius 2 is 1.81 bits per heavy atom. The zero-order valence-corrected chi connectivity index (χ0v) is 8.34. The van der Waals surface area contributed by atoms with Gasteiger partial charge in [0.1, 0.15) is 5.82 Å². The van der Waals surface area contributed by atoms with E-state index < -0.39 is 0 Å². The predicted octanol–water partition coefficient (Wildman–Crippen LogP) is 4.43. The van der Waals surface area contributed by atoms with Crippen molar-refractivity contribution in [3.63, 3.8) is 0 Å². The SMILES string of the molecule is [N-]=[N+]=Nc1ccc(F)cc1-c1ccccc1. The molecule has 2 aromatic rings. The van der Waals surface area contributed by atoms with E-state index in [1.807, 2.05) is 30.3 Å². The molecule has 4 heteroatoms. The third-order valence-electron chi connectivity index (χ3n) is 2.20. The van der Waals surface area contributed by atoms with Gasteiger partial charge >= 0.3 is 0 Å². The Kier molecular flexibility index (Phi) is 2.85. The quantitative estimate of drug-likeness (QED) is 0.402. The molecule has 0 bridgehead atoms. The molecule has 0 aliphatic rings. The van der Waals surface area contributed by atoms with E-state index in [-0.39, 0.29) is 5.82 Å². The second kappa shape index (κ2) is 4.47. The second-order valence-corrected chi connectivity index (χ2v) is 3.22. The van der Waals surface area contributed by atoms with E-state index in [0.29, 0.717) is 11.3 Å². The Balaban J connectivity index is 2.62. The molecular formula is C12H8FN3. The van der Waals surface area contributed by atoms with Crippen LogP contribution in [0.4, 0.5) is 10.1 Å². The van der Waals surface area contributed by atoms with Crippen molar-refractivity contribution in [2.45, 2.75) is 0 Å². The molecule has 0 saturated heterocycles. The highest BCUT2D eigenvalue weighted by atomic mass is 19.1. The zero-order chi connectivity index (χ0) is 11.4. The fourth-order valence-corrected chi connectivity index (χ4v) is 1.49. The fourth-order valence-electron chi connectivity index (χ4n) is 1.49. The van der Waals surface area contributed by atoms with Crippen molar-refractivity contribution in [3.8, 4) is 11.1 Å². The summed E-state index contributed by atoms with van der Waals surface area (Å²) >= 11 is 0. The Morgan fingerprint density at radius 3 is 2.50 bits per heavy atom. The zero-order valence-electron chi connectivity index (χ0n) is 8.34. The van der Waals surface area contributed by atoms with Gasteiger partial charge in [-0.25, -0.2) is 4.39 Å². The van der Waals surface area contributed by atoms with Gasteiger partial charge in [-0.15, -0.1) is 0 Å². The lowest BCUT2D eigenvalue weighted by molar-refractivity contribution is 0.628. The Morgan fingerprint density at radius 1 is 1.06 bits per heavy atom. The second-order valence-electron chi connectivity index (χ2n) is 3.22. The average Bonchev–Trinajstić information content (AvgIpc) is 2.33. The maximum absolute atomic E-state index is 13.1. The van der Waals surface area contributed by atoms with Crippen molar-refractivity contribution in [1.29, 1.82) is 0 Å². The lowest BCUT2D eigenvalue weighted by atomic mass is 10.0. The summed E-state index contributed by atoms with van der Waals surface area (Å²) in [6, 6.07) is 13.3. The van der Waals surface area contributed by atoms with Crippen LogP contribution in [0.25, 0.3) is 21.6 Å². The third kappa shape index (κ3) is 2.02. The molecule has 0 fully saturated rings. The van der Waals surface area contributed by atoms with Gasteiger partial charge in [0, 0.05) is 10.6 Å². The molecule has 3 nitrogen and oxygen atoms in total. The van der Waals surface area contributed by atoms with Crippen LogP contribution >= 0.6 is 0 Å². The molecule has 0 aliphatic heterocycles. The monoisotopic (exact) mass is 213 g/mol. The first-order chi connectivity index (χ1) is 7.81. The molecule has 0 amide bonds. The number of nitrogens with zero attached hydrogens (tertiary/aromatic N) is 3. The maximum Gasteiger partial charge on any atom is 0.123 e. The molecule has 0 N–H and O–H groups in total. The van der Waals surface area contributed by atoms with Gasteiger partial charge in [0.2, 0.25) is 0 Å². The van der Waals surface area contributed by atoms with Gasteiger partial charge in [0.25, 0.3) is 0 Å². The molecular weight excluding hydrogens is 205 g/mol. The summed E-state index contributed by atoms with van der Waals surface area (Å²) in [4.78, 5) is 2.72. The predicted molar refractivity (Wildman–Crippen MR) is 60.6 cm³/mol. The highest BCUT2D eigenvalue weighted by molar-refractivity contribution is 5.75. The van der Waals surface area contributed by atoms with Gasteiger partial charge in [-0.1, -0.05) is 35.4 Å². The van der Waals surface area contributed by atoms with Crippen LogP contribution in [-0.4, -0.2) is 0 Å². The fraction of sp³-hybridized carbons (Fsp3) is 0. The first-order valence-corrected chi connectivity index (χ1v) is 4.71. The normalized spacial score (nSPS) is 9.56.